The zero-order valence-electron chi connectivity index (χ0n) is 20.0. The van der Waals surface area contributed by atoms with E-state index in [2.05, 4.69) is 27.2 Å². The highest BCUT2D eigenvalue weighted by Gasteiger charge is 2.29. The van der Waals surface area contributed by atoms with Crippen molar-refractivity contribution in [2.45, 2.75) is 64.5 Å². The molecule has 2 heterocycles. The summed E-state index contributed by atoms with van der Waals surface area (Å²) in [6, 6.07) is 4.58. The molecule has 4 N–H and O–H groups in total. The van der Waals surface area contributed by atoms with Crippen LogP contribution in [0.4, 0.5) is 8.78 Å². The predicted octanol–water partition coefficient (Wildman–Crippen LogP) is 4.91. The smallest absolute Gasteiger partial charge is 0.263 e. The van der Waals surface area contributed by atoms with Gasteiger partial charge in [-0.1, -0.05) is 6.92 Å². The number of ether oxygens (including phenoxy) is 1. The Morgan fingerprint density at radius 3 is 2.77 bits per heavy atom. The van der Waals surface area contributed by atoms with Gasteiger partial charge in [0.25, 0.3) is 12.3 Å². The Bertz CT molecular complexity index is 1240. The molecule has 0 spiro atoms. The van der Waals surface area contributed by atoms with Crippen molar-refractivity contribution in [3.8, 4) is 17.0 Å². The van der Waals surface area contributed by atoms with Crippen molar-refractivity contribution >= 4 is 16.9 Å². The van der Waals surface area contributed by atoms with Gasteiger partial charge in [0.1, 0.15) is 23.3 Å². The maximum Gasteiger partial charge on any atom is 0.263 e. The predicted molar refractivity (Wildman–Crippen MR) is 129 cm³/mol. The van der Waals surface area contributed by atoms with Crippen molar-refractivity contribution in [1.29, 1.82) is 0 Å². The molecule has 5 rings (SSSR count). The fourth-order valence-electron chi connectivity index (χ4n) is 4.90. The van der Waals surface area contributed by atoms with Crippen LogP contribution in [0.15, 0.2) is 24.5 Å². The molecule has 0 aliphatic heterocycles. The Morgan fingerprint density at radius 1 is 1.26 bits per heavy atom. The lowest BCUT2D eigenvalue weighted by Crippen LogP contribution is -2.44. The molecule has 9 heteroatoms. The Kier molecular flexibility index (Phi) is 6.44. The maximum absolute atomic E-state index is 13.5. The van der Waals surface area contributed by atoms with Gasteiger partial charge in [0.05, 0.1) is 17.7 Å². The molecule has 1 aromatic carbocycles. The molecule has 2 fully saturated rings. The van der Waals surface area contributed by atoms with Crippen LogP contribution in [-0.2, 0) is 0 Å². The highest BCUT2D eigenvalue weighted by Crippen LogP contribution is 2.38. The molecule has 2 aromatic heterocycles. The highest BCUT2D eigenvalue weighted by molar-refractivity contribution is 6.09. The normalized spacial score (nSPS) is 22.5. The molecule has 0 radical (unpaired) electrons. The summed E-state index contributed by atoms with van der Waals surface area (Å²) < 4.78 is 33.1. The van der Waals surface area contributed by atoms with E-state index < -0.39 is 6.43 Å². The minimum atomic E-state index is -2.62. The van der Waals surface area contributed by atoms with Gasteiger partial charge >= 0.3 is 0 Å². The first-order chi connectivity index (χ1) is 16.8. The van der Waals surface area contributed by atoms with Gasteiger partial charge < -0.3 is 20.8 Å². The minimum Gasteiger partial charge on any atom is -0.493 e. The number of fused-ring (bicyclic) bond motifs is 1. The zero-order valence-corrected chi connectivity index (χ0v) is 20.0. The number of hydrogen-bond acceptors (Lipinski definition) is 5. The van der Waals surface area contributed by atoms with Crippen LogP contribution in [0.5, 0.6) is 5.75 Å². The number of carbonyl (C=O) groups is 1. The van der Waals surface area contributed by atoms with Crippen molar-refractivity contribution < 1.29 is 18.3 Å². The second kappa shape index (κ2) is 9.53. The molecule has 35 heavy (non-hydrogen) atoms. The van der Waals surface area contributed by atoms with Gasteiger partial charge in [-0.25, -0.2) is 18.7 Å². The number of nitrogens with zero attached hydrogens (tertiary/aromatic N) is 2. The fraction of sp³-hybridized carbons (Fsp3) is 0.500. The van der Waals surface area contributed by atoms with Gasteiger partial charge in [-0.05, 0) is 69.1 Å². The largest absolute Gasteiger partial charge is 0.493 e. The third-order valence-electron chi connectivity index (χ3n) is 7.25. The number of H-pyrrole nitrogens is 1. The second-order valence-corrected chi connectivity index (χ2v) is 10.0. The summed E-state index contributed by atoms with van der Waals surface area (Å²) in [5.74, 6) is 1.12. The van der Waals surface area contributed by atoms with Crippen LogP contribution in [0.2, 0.25) is 0 Å². The fourth-order valence-corrected chi connectivity index (χ4v) is 4.90. The Morgan fingerprint density at radius 2 is 2.06 bits per heavy atom. The lowest BCUT2D eigenvalue weighted by molar-refractivity contribution is 0.0918. The van der Waals surface area contributed by atoms with Crippen LogP contribution < -0.4 is 15.8 Å². The van der Waals surface area contributed by atoms with Gasteiger partial charge in [-0.2, -0.15) is 0 Å². The number of alkyl halides is 2. The SMILES string of the molecule is Cc1[nH]c2c(-c3cc(C(F)F)ccc3OCC3CC3)ncnc2c1C(=O)N[C@H]1CC[C@@H](N)[C@H](C)C1. The van der Waals surface area contributed by atoms with E-state index in [1.165, 1.54) is 18.5 Å². The van der Waals surface area contributed by atoms with Crippen LogP contribution in [0.25, 0.3) is 22.3 Å². The van der Waals surface area contributed by atoms with Crippen LogP contribution >= 0.6 is 0 Å². The first-order valence-electron chi connectivity index (χ1n) is 12.3. The summed E-state index contributed by atoms with van der Waals surface area (Å²) in [7, 11) is 0. The summed E-state index contributed by atoms with van der Waals surface area (Å²) in [4.78, 5) is 25.3. The van der Waals surface area contributed by atoms with Gasteiger partial charge in [-0.15, -0.1) is 0 Å². The standard InChI is InChI=1S/C26H31F2N5O2/c1-13-9-17(6-7-19(13)29)33-26(34)21-14(2)32-24-22(30-12-31-23(21)24)18-10-16(25(27)28)5-8-20(18)35-11-15-3-4-15/h5,8,10,12-13,15,17,19,25,32H,3-4,6-7,9,11,29H2,1-2H3,(H,33,34)/t13-,17+,19-/m1/s1. The van der Waals surface area contributed by atoms with Crippen molar-refractivity contribution in [3.63, 3.8) is 0 Å². The number of rotatable bonds is 7. The number of amides is 1. The molecule has 2 aliphatic carbocycles. The van der Waals surface area contributed by atoms with E-state index >= 15 is 0 Å². The molecule has 1 amide bonds. The minimum absolute atomic E-state index is 0.0492. The Hall–Kier alpha value is -3.07. The molecule has 0 unspecified atom stereocenters. The summed E-state index contributed by atoms with van der Waals surface area (Å²) in [6.45, 7) is 4.45. The average Bonchev–Trinajstić information content (AvgIpc) is 3.59. The first kappa shape index (κ1) is 23.7. The monoisotopic (exact) mass is 483 g/mol. The molecular weight excluding hydrogens is 452 g/mol. The van der Waals surface area contributed by atoms with E-state index in [-0.39, 0.29) is 23.6 Å². The zero-order chi connectivity index (χ0) is 24.7. The molecule has 7 nitrogen and oxygen atoms in total. The van der Waals surface area contributed by atoms with Gasteiger partial charge in [-0.3, -0.25) is 4.79 Å². The van der Waals surface area contributed by atoms with Crippen molar-refractivity contribution in [1.82, 2.24) is 20.3 Å². The van der Waals surface area contributed by atoms with E-state index in [1.54, 1.807) is 13.0 Å². The van der Waals surface area contributed by atoms with Crippen LogP contribution in [-0.4, -0.2) is 39.5 Å². The quantitative estimate of drug-likeness (QED) is 0.443. The van der Waals surface area contributed by atoms with Gasteiger partial charge in [0.2, 0.25) is 0 Å². The molecule has 0 bridgehead atoms. The molecule has 186 valence electrons. The Labute approximate surface area is 202 Å². The highest BCUT2D eigenvalue weighted by atomic mass is 19.3. The van der Waals surface area contributed by atoms with E-state index in [0.29, 0.717) is 57.7 Å². The molecule has 3 atom stereocenters. The lowest BCUT2D eigenvalue weighted by Gasteiger charge is -2.32. The first-order valence-corrected chi connectivity index (χ1v) is 12.3. The van der Waals surface area contributed by atoms with Crippen molar-refractivity contribution in [3.05, 3.63) is 41.3 Å². The van der Waals surface area contributed by atoms with Gasteiger partial charge in [0, 0.05) is 28.9 Å². The van der Waals surface area contributed by atoms with E-state index in [0.717, 1.165) is 32.1 Å². The number of halogens is 2. The molecular formula is C26H31F2N5O2. The number of nitrogens with one attached hydrogen (secondary N) is 2. The summed E-state index contributed by atoms with van der Waals surface area (Å²) in [5.41, 5.74) is 8.97. The molecule has 3 aromatic rings. The van der Waals surface area contributed by atoms with E-state index in [9.17, 15) is 13.6 Å². The summed E-state index contributed by atoms with van der Waals surface area (Å²) >= 11 is 0. The number of aryl methyl sites for hydroxylation is 1. The van der Waals surface area contributed by atoms with Crippen LogP contribution in [0.3, 0.4) is 0 Å². The van der Waals surface area contributed by atoms with Crippen molar-refractivity contribution in [2.24, 2.45) is 17.6 Å². The van der Waals surface area contributed by atoms with Crippen LogP contribution in [0.1, 0.15) is 67.1 Å². The summed E-state index contributed by atoms with van der Waals surface area (Å²) in [6.07, 6.45) is 3.50. The number of aromatic nitrogens is 3. The Balaban J connectivity index is 1.50. The van der Waals surface area contributed by atoms with Crippen LogP contribution in [0, 0.1) is 18.8 Å². The molecule has 2 saturated carbocycles. The molecule has 0 saturated heterocycles. The number of carbonyl (C=O) groups excluding carboxylic acids is 1. The second-order valence-electron chi connectivity index (χ2n) is 10.0. The number of nitrogens with two attached hydrogens (primary N) is 1. The molecule has 2 aliphatic rings. The number of benzene rings is 1. The third kappa shape index (κ3) is 4.87. The lowest BCUT2D eigenvalue weighted by atomic mass is 9.83. The average molecular weight is 484 g/mol. The third-order valence-corrected chi connectivity index (χ3v) is 7.25. The maximum atomic E-state index is 13.5. The van der Waals surface area contributed by atoms with E-state index in [1.807, 2.05) is 0 Å². The summed E-state index contributed by atoms with van der Waals surface area (Å²) in [5, 5.41) is 3.14. The van der Waals surface area contributed by atoms with Gasteiger partial charge in [0.15, 0.2) is 0 Å². The topological polar surface area (TPSA) is 106 Å². The number of hydrogen-bond donors (Lipinski definition) is 3. The van der Waals surface area contributed by atoms with E-state index in [4.69, 9.17) is 10.5 Å². The number of aromatic amines is 1. The van der Waals surface area contributed by atoms with Crippen molar-refractivity contribution in [2.75, 3.05) is 6.61 Å².